The first-order valence-electron chi connectivity index (χ1n) is 7.68. The Kier molecular flexibility index (Phi) is 3.78. The lowest BCUT2D eigenvalue weighted by Gasteiger charge is -2.20. The lowest BCUT2D eigenvalue weighted by atomic mass is 9.88. The maximum absolute atomic E-state index is 12.5. The van der Waals surface area contributed by atoms with Gasteiger partial charge in [-0.15, -0.1) is 0 Å². The highest BCUT2D eigenvalue weighted by atomic mass is 16.3. The van der Waals surface area contributed by atoms with Crippen molar-refractivity contribution in [1.29, 1.82) is 0 Å². The lowest BCUT2D eigenvalue weighted by Crippen LogP contribution is -2.36. The molecule has 1 aliphatic heterocycles. The quantitative estimate of drug-likeness (QED) is 0.852. The Balaban J connectivity index is 1.86. The summed E-state index contributed by atoms with van der Waals surface area (Å²) in [4.78, 5) is 24.7. The number of amides is 1. The molecule has 0 radical (unpaired) electrons. The molecule has 0 fully saturated rings. The van der Waals surface area contributed by atoms with E-state index in [1.165, 1.54) is 0 Å². The second kappa shape index (κ2) is 5.63. The zero-order valence-corrected chi connectivity index (χ0v) is 13.2. The van der Waals surface area contributed by atoms with E-state index in [1.807, 2.05) is 12.1 Å². The third-order valence-corrected chi connectivity index (χ3v) is 4.31. The van der Waals surface area contributed by atoms with Gasteiger partial charge in [-0.2, -0.15) is 0 Å². The minimum absolute atomic E-state index is 0.255. The zero-order chi connectivity index (χ0) is 16.6. The van der Waals surface area contributed by atoms with Gasteiger partial charge in [0.2, 0.25) is 0 Å². The van der Waals surface area contributed by atoms with E-state index in [1.54, 1.807) is 36.4 Å². The molecule has 4 nitrogen and oxygen atoms in total. The molecule has 2 aromatic rings. The second-order valence-electron chi connectivity index (χ2n) is 6.24. The number of anilines is 1. The molecule has 118 valence electrons. The van der Waals surface area contributed by atoms with Crippen LogP contribution in [0.1, 0.15) is 47.7 Å². The Morgan fingerprint density at radius 3 is 2.43 bits per heavy atom. The van der Waals surface area contributed by atoms with Crippen LogP contribution in [0.3, 0.4) is 0 Å². The van der Waals surface area contributed by atoms with Gasteiger partial charge in [-0.3, -0.25) is 9.59 Å². The SMILES string of the molecule is CC(C)c1ccc(C(=O)CC2(O)C(=O)Nc3ccccc32)cc1. The van der Waals surface area contributed by atoms with Gasteiger partial charge in [-0.05, 0) is 17.5 Å². The van der Waals surface area contributed by atoms with E-state index in [0.29, 0.717) is 22.7 Å². The van der Waals surface area contributed by atoms with E-state index in [4.69, 9.17) is 0 Å². The molecule has 1 aliphatic rings. The van der Waals surface area contributed by atoms with Crippen molar-refractivity contribution in [1.82, 2.24) is 0 Å². The summed E-state index contributed by atoms with van der Waals surface area (Å²) in [5.74, 6) is -0.420. The molecule has 0 saturated heterocycles. The van der Waals surface area contributed by atoms with Crippen molar-refractivity contribution in [3.63, 3.8) is 0 Å². The standard InChI is InChI=1S/C19H19NO3/c1-12(2)13-7-9-14(10-8-13)17(21)11-19(23)15-5-3-4-6-16(15)20-18(19)22/h3-10,12,23H,11H2,1-2H3,(H,20,22). The minimum atomic E-state index is -1.80. The number of Topliss-reactive ketones (excluding diaryl/α,β-unsaturated/α-hetero) is 1. The Bertz CT molecular complexity index is 764. The summed E-state index contributed by atoms with van der Waals surface area (Å²) in [6, 6.07) is 14.2. The van der Waals surface area contributed by atoms with Crippen molar-refractivity contribution >= 4 is 17.4 Å². The largest absolute Gasteiger partial charge is 0.375 e. The predicted molar refractivity (Wildman–Crippen MR) is 88.4 cm³/mol. The molecule has 1 atom stereocenters. The number of hydrogen-bond acceptors (Lipinski definition) is 3. The molecule has 2 N–H and O–H groups in total. The van der Waals surface area contributed by atoms with Crippen LogP contribution in [0.2, 0.25) is 0 Å². The molecule has 1 unspecified atom stereocenters. The van der Waals surface area contributed by atoms with Crippen LogP contribution in [-0.2, 0) is 10.4 Å². The third kappa shape index (κ3) is 2.66. The summed E-state index contributed by atoms with van der Waals surface area (Å²) >= 11 is 0. The van der Waals surface area contributed by atoms with Gasteiger partial charge in [0.25, 0.3) is 5.91 Å². The van der Waals surface area contributed by atoms with Crippen molar-refractivity contribution in [2.45, 2.75) is 31.8 Å². The number of ketones is 1. The first-order chi connectivity index (χ1) is 10.9. The highest BCUT2D eigenvalue weighted by Crippen LogP contribution is 2.38. The summed E-state index contributed by atoms with van der Waals surface area (Å²) in [5.41, 5.74) is 0.856. The van der Waals surface area contributed by atoms with Crippen LogP contribution in [0.5, 0.6) is 0 Å². The number of fused-ring (bicyclic) bond motifs is 1. The van der Waals surface area contributed by atoms with Crippen LogP contribution >= 0.6 is 0 Å². The monoisotopic (exact) mass is 309 g/mol. The van der Waals surface area contributed by atoms with Crippen molar-refractivity contribution in [3.05, 3.63) is 65.2 Å². The molecular formula is C19H19NO3. The summed E-state index contributed by atoms with van der Waals surface area (Å²) < 4.78 is 0. The number of rotatable bonds is 4. The van der Waals surface area contributed by atoms with Gasteiger partial charge in [-0.1, -0.05) is 56.3 Å². The Morgan fingerprint density at radius 2 is 1.78 bits per heavy atom. The molecule has 0 spiro atoms. The summed E-state index contributed by atoms with van der Waals surface area (Å²) in [5, 5.41) is 13.4. The highest BCUT2D eigenvalue weighted by molar-refractivity contribution is 6.09. The smallest absolute Gasteiger partial charge is 0.261 e. The molecule has 2 aromatic carbocycles. The van der Waals surface area contributed by atoms with Crippen molar-refractivity contribution in [2.24, 2.45) is 0 Å². The Hall–Kier alpha value is -2.46. The summed E-state index contributed by atoms with van der Waals surface area (Å²) in [7, 11) is 0. The number of hydrogen-bond donors (Lipinski definition) is 2. The Labute approximate surface area is 135 Å². The molecule has 0 saturated carbocycles. The molecule has 1 amide bonds. The topological polar surface area (TPSA) is 66.4 Å². The third-order valence-electron chi connectivity index (χ3n) is 4.31. The van der Waals surface area contributed by atoms with Gasteiger partial charge in [0.15, 0.2) is 11.4 Å². The molecule has 0 aromatic heterocycles. The van der Waals surface area contributed by atoms with E-state index in [0.717, 1.165) is 5.56 Å². The molecule has 4 heteroatoms. The fourth-order valence-electron chi connectivity index (χ4n) is 2.86. The number of nitrogens with one attached hydrogen (secondary N) is 1. The van der Waals surface area contributed by atoms with E-state index in [2.05, 4.69) is 19.2 Å². The fourth-order valence-corrected chi connectivity index (χ4v) is 2.86. The average molecular weight is 309 g/mol. The van der Waals surface area contributed by atoms with Gasteiger partial charge in [-0.25, -0.2) is 0 Å². The normalized spacial score (nSPS) is 19.6. The van der Waals surface area contributed by atoms with E-state index in [-0.39, 0.29) is 12.2 Å². The van der Waals surface area contributed by atoms with E-state index < -0.39 is 11.5 Å². The fraction of sp³-hybridized carbons (Fsp3) is 0.263. The molecule has 3 rings (SSSR count). The van der Waals surface area contributed by atoms with Gasteiger partial charge in [0.1, 0.15) is 0 Å². The van der Waals surface area contributed by atoms with E-state index in [9.17, 15) is 14.7 Å². The molecule has 23 heavy (non-hydrogen) atoms. The van der Waals surface area contributed by atoms with Gasteiger partial charge in [0.05, 0.1) is 6.42 Å². The van der Waals surface area contributed by atoms with Crippen molar-refractivity contribution < 1.29 is 14.7 Å². The van der Waals surface area contributed by atoms with Crippen molar-refractivity contribution in [2.75, 3.05) is 5.32 Å². The predicted octanol–water partition coefficient (Wildman–Crippen LogP) is 3.22. The number of carbonyl (C=O) groups is 2. The molecule has 1 heterocycles. The summed E-state index contributed by atoms with van der Waals surface area (Å²) in [6.45, 7) is 4.17. The van der Waals surface area contributed by atoms with Gasteiger partial charge < -0.3 is 10.4 Å². The van der Waals surface area contributed by atoms with Gasteiger partial charge >= 0.3 is 0 Å². The Morgan fingerprint density at radius 1 is 1.13 bits per heavy atom. The minimum Gasteiger partial charge on any atom is -0.375 e. The number of para-hydroxylation sites is 1. The van der Waals surface area contributed by atoms with Crippen LogP contribution in [0.15, 0.2) is 48.5 Å². The maximum Gasteiger partial charge on any atom is 0.261 e. The lowest BCUT2D eigenvalue weighted by molar-refractivity contribution is -0.133. The summed E-state index contributed by atoms with van der Waals surface area (Å²) in [6.07, 6.45) is -0.267. The first-order valence-corrected chi connectivity index (χ1v) is 7.68. The van der Waals surface area contributed by atoms with Crippen LogP contribution in [-0.4, -0.2) is 16.8 Å². The second-order valence-corrected chi connectivity index (χ2v) is 6.24. The molecule has 0 bridgehead atoms. The first kappa shape index (κ1) is 15.4. The van der Waals surface area contributed by atoms with Crippen LogP contribution in [0, 0.1) is 0 Å². The van der Waals surface area contributed by atoms with Crippen LogP contribution in [0.4, 0.5) is 5.69 Å². The number of benzene rings is 2. The van der Waals surface area contributed by atoms with Crippen LogP contribution in [0.25, 0.3) is 0 Å². The van der Waals surface area contributed by atoms with Gasteiger partial charge in [0, 0.05) is 16.8 Å². The highest BCUT2D eigenvalue weighted by Gasteiger charge is 2.46. The molecular weight excluding hydrogens is 290 g/mol. The van der Waals surface area contributed by atoms with Crippen LogP contribution < -0.4 is 5.32 Å². The van der Waals surface area contributed by atoms with E-state index >= 15 is 0 Å². The van der Waals surface area contributed by atoms with Crippen molar-refractivity contribution in [3.8, 4) is 0 Å². The molecule has 0 aliphatic carbocycles. The number of aliphatic hydroxyl groups is 1. The maximum atomic E-state index is 12.5. The number of carbonyl (C=O) groups excluding carboxylic acids is 2. The zero-order valence-electron chi connectivity index (χ0n) is 13.2. The average Bonchev–Trinajstić information content (AvgIpc) is 2.79.